The van der Waals surface area contributed by atoms with Gasteiger partial charge >= 0.3 is 0 Å². The smallest absolute Gasteiger partial charge is 0.127 e. The molecule has 0 nitrogen and oxygen atoms in total. The summed E-state index contributed by atoms with van der Waals surface area (Å²) in [5.41, 5.74) is 1.90. The van der Waals surface area contributed by atoms with Gasteiger partial charge in [-0.05, 0) is 42.4 Å². The van der Waals surface area contributed by atoms with Gasteiger partial charge in [0.25, 0.3) is 0 Å². The molecular weight excluding hydrogens is 211 g/mol. The first-order valence-electron chi connectivity index (χ1n) is 6.80. The molecule has 0 aromatic heterocycles. The Balaban J connectivity index is 3.03. The Kier molecular flexibility index (Phi) is 5.17. The molecule has 1 heteroatoms. The van der Waals surface area contributed by atoms with Crippen molar-refractivity contribution in [3.63, 3.8) is 0 Å². The van der Waals surface area contributed by atoms with E-state index < -0.39 is 0 Å². The van der Waals surface area contributed by atoms with E-state index in [2.05, 4.69) is 20.8 Å². The lowest BCUT2D eigenvalue weighted by Gasteiger charge is -2.30. The number of unbranched alkanes of at least 4 members (excludes halogenated alkanes) is 1. The first-order chi connectivity index (χ1) is 8.03. The molecule has 1 aromatic rings. The molecule has 1 aromatic carbocycles. The molecular formula is C16H25F. The maximum atomic E-state index is 14.1. The minimum Gasteiger partial charge on any atom is -0.207 e. The zero-order valence-corrected chi connectivity index (χ0v) is 11.6. The molecule has 0 saturated heterocycles. The first kappa shape index (κ1) is 14.2. The van der Waals surface area contributed by atoms with E-state index >= 15 is 0 Å². The second-order valence-electron chi connectivity index (χ2n) is 5.40. The first-order valence-corrected chi connectivity index (χ1v) is 6.80. The minimum atomic E-state index is -0.0305. The minimum absolute atomic E-state index is 0.00252. The lowest BCUT2D eigenvalue weighted by molar-refractivity contribution is 0.367. The Hall–Kier alpha value is -0.850. The van der Waals surface area contributed by atoms with Crippen LogP contribution in [0, 0.1) is 12.7 Å². The van der Waals surface area contributed by atoms with Crippen LogP contribution in [0.5, 0.6) is 0 Å². The molecule has 96 valence electrons. The van der Waals surface area contributed by atoms with Gasteiger partial charge < -0.3 is 0 Å². The molecule has 0 N–H and O–H groups in total. The Labute approximate surface area is 105 Å². The normalized spacial score (nSPS) is 14.6. The summed E-state index contributed by atoms with van der Waals surface area (Å²) in [6.07, 6.45) is 5.59. The lowest BCUT2D eigenvalue weighted by Crippen LogP contribution is -2.23. The van der Waals surface area contributed by atoms with Crippen molar-refractivity contribution in [2.24, 2.45) is 0 Å². The van der Waals surface area contributed by atoms with E-state index in [4.69, 9.17) is 0 Å². The molecule has 1 rings (SSSR count). The monoisotopic (exact) mass is 236 g/mol. The van der Waals surface area contributed by atoms with Crippen LogP contribution in [0.4, 0.5) is 4.39 Å². The van der Waals surface area contributed by atoms with Crippen molar-refractivity contribution in [3.05, 3.63) is 35.1 Å². The third kappa shape index (κ3) is 3.55. The highest BCUT2D eigenvalue weighted by atomic mass is 19.1. The largest absolute Gasteiger partial charge is 0.207 e. The molecule has 0 heterocycles. The molecule has 0 saturated carbocycles. The standard InChI is InChI=1S/C16H25F/c1-5-7-11-16(4,10-6-2)14-9-8-13(3)12-15(14)17/h8-9,12H,5-7,10-11H2,1-4H3. The van der Waals surface area contributed by atoms with Crippen molar-refractivity contribution in [1.29, 1.82) is 0 Å². The second kappa shape index (κ2) is 6.18. The molecule has 1 unspecified atom stereocenters. The summed E-state index contributed by atoms with van der Waals surface area (Å²) in [5, 5.41) is 0. The van der Waals surface area contributed by atoms with Crippen molar-refractivity contribution in [2.75, 3.05) is 0 Å². The summed E-state index contributed by atoms with van der Waals surface area (Å²) in [5.74, 6) is -0.0305. The molecule has 0 aliphatic rings. The van der Waals surface area contributed by atoms with Gasteiger partial charge in [0.1, 0.15) is 5.82 Å². The number of benzene rings is 1. The Morgan fingerprint density at radius 2 is 1.82 bits per heavy atom. The molecule has 0 radical (unpaired) electrons. The van der Waals surface area contributed by atoms with Crippen LogP contribution in [-0.2, 0) is 5.41 Å². The van der Waals surface area contributed by atoms with E-state index in [-0.39, 0.29) is 11.2 Å². The van der Waals surface area contributed by atoms with E-state index in [1.807, 2.05) is 19.1 Å². The van der Waals surface area contributed by atoms with Gasteiger partial charge in [-0.1, -0.05) is 52.2 Å². The van der Waals surface area contributed by atoms with Gasteiger partial charge in [0.05, 0.1) is 0 Å². The van der Waals surface area contributed by atoms with Crippen LogP contribution in [0.2, 0.25) is 0 Å². The molecule has 0 aliphatic heterocycles. The topological polar surface area (TPSA) is 0 Å². The van der Waals surface area contributed by atoms with Crippen LogP contribution in [0.1, 0.15) is 64.0 Å². The fourth-order valence-corrected chi connectivity index (χ4v) is 2.62. The second-order valence-corrected chi connectivity index (χ2v) is 5.40. The van der Waals surface area contributed by atoms with Crippen LogP contribution in [0.25, 0.3) is 0 Å². The van der Waals surface area contributed by atoms with Gasteiger partial charge in [-0.2, -0.15) is 0 Å². The summed E-state index contributed by atoms with van der Waals surface area (Å²) >= 11 is 0. The van der Waals surface area contributed by atoms with Gasteiger partial charge in [0.15, 0.2) is 0 Å². The van der Waals surface area contributed by atoms with Crippen molar-refractivity contribution in [3.8, 4) is 0 Å². The van der Waals surface area contributed by atoms with E-state index in [9.17, 15) is 4.39 Å². The number of halogens is 1. The predicted octanol–water partition coefficient (Wildman–Crippen LogP) is 5.38. The Bertz CT molecular complexity index is 357. The SMILES string of the molecule is CCCCC(C)(CCC)c1ccc(C)cc1F. The third-order valence-corrected chi connectivity index (χ3v) is 3.66. The summed E-state index contributed by atoms with van der Waals surface area (Å²) in [6, 6.07) is 5.67. The maximum Gasteiger partial charge on any atom is 0.127 e. The average molecular weight is 236 g/mol. The van der Waals surface area contributed by atoms with E-state index in [0.717, 1.165) is 30.4 Å². The van der Waals surface area contributed by atoms with E-state index in [0.29, 0.717) is 0 Å². The van der Waals surface area contributed by atoms with Crippen molar-refractivity contribution in [1.82, 2.24) is 0 Å². The molecule has 0 bridgehead atoms. The number of hydrogen-bond acceptors (Lipinski definition) is 0. The molecule has 0 amide bonds. The summed E-state index contributed by atoms with van der Waals surface area (Å²) < 4.78 is 14.1. The van der Waals surface area contributed by atoms with Gasteiger partial charge in [-0.15, -0.1) is 0 Å². The highest BCUT2D eigenvalue weighted by Gasteiger charge is 2.27. The summed E-state index contributed by atoms with van der Waals surface area (Å²) in [4.78, 5) is 0. The molecule has 0 spiro atoms. The lowest BCUT2D eigenvalue weighted by atomic mass is 9.74. The van der Waals surface area contributed by atoms with Crippen molar-refractivity contribution >= 4 is 0 Å². The van der Waals surface area contributed by atoms with Crippen LogP contribution in [0.15, 0.2) is 18.2 Å². The van der Waals surface area contributed by atoms with Gasteiger partial charge in [0, 0.05) is 0 Å². The molecule has 0 fully saturated rings. The fraction of sp³-hybridized carbons (Fsp3) is 0.625. The van der Waals surface area contributed by atoms with E-state index in [1.165, 1.54) is 12.8 Å². The van der Waals surface area contributed by atoms with Crippen molar-refractivity contribution < 1.29 is 4.39 Å². The highest BCUT2D eigenvalue weighted by Crippen LogP contribution is 2.36. The Morgan fingerprint density at radius 1 is 1.12 bits per heavy atom. The summed E-state index contributed by atoms with van der Waals surface area (Å²) in [7, 11) is 0. The Morgan fingerprint density at radius 3 is 2.35 bits per heavy atom. The quantitative estimate of drug-likeness (QED) is 0.622. The zero-order chi connectivity index (χ0) is 12.9. The fourth-order valence-electron chi connectivity index (χ4n) is 2.62. The van der Waals surface area contributed by atoms with Crippen LogP contribution in [-0.4, -0.2) is 0 Å². The summed E-state index contributed by atoms with van der Waals surface area (Å²) in [6.45, 7) is 8.52. The molecule has 17 heavy (non-hydrogen) atoms. The predicted molar refractivity (Wildman–Crippen MR) is 72.9 cm³/mol. The highest BCUT2D eigenvalue weighted by molar-refractivity contribution is 5.30. The van der Waals surface area contributed by atoms with Crippen LogP contribution < -0.4 is 0 Å². The number of rotatable bonds is 6. The van der Waals surface area contributed by atoms with Crippen molar-refractivity contribution in [2.45, 2.75) is 65.2 Å². The van der Waals surface area contributed by atoms with Gasteiger partial charge in [-0.3, -0.25) is 0 Å². The van der Waals surface area contributed by atoms with Crippen LogP contribution in [0.3, 0.4) is 0 Å². The number of aryl methyl sites for hydroxylation is 1. The van der Waals surface area contributed by atoms with Crippen LogP contribution >= 0.6 is 0 Å². The maximum absolute atomic E-state index is 14.1. The zero-order valence-electron chi connectivity index (χ0n) is 11.6. The molecule has 1 atom stereocenters. The average Bonchev–Trinajstić information content (AvgIpc) is 2.26. The van der Waals surface area contributed by atoms with Gasteiger partial charge in [0.2, 0.25) is 0 Å². The van der Waals surface area contributed by atoms with Gasteiger partial charge in [-0.25, -0.2) is 4.39 Å². The van der Waals surface area contributed by atoms with E-state index in [1.54, 1.807) is 6.07 Å². The number of hydrogen-bond donors (Lipinski definition) is 0. The third-order valence-electron chi connectivity index (χ3n) is 3.66. The molecule has 0 aliphatic carbocycles.